The lowest BCUT2D eigenvalue weighted by Crippen LogP contribution is -2.47. The highest BCUT2D eigenvalue weighted by atomic mass is 16.1. The zero-order valence-corrected chi connectivity index (χ0v) is 12.3. The molecule has 0 spiro atoms. The Balaban J connectivity index is 1.91. The topological polar surface area (TPSA) is 20.3 Å². The van der Waals surface area contributed by atoms with Crippen molar-refractivity contribution < 1.29 is 4.79 Å². The molecule has 0 radical (unpaired) electrons. The van der Waals surface area contributed by atoms with Crippen LogP contribution in [0.2, 0.25) is 0 Å². The Morgan fingerprint density at radius 1 is 1.20 bits per heavy atom. The van der Waals surface area contributed by atoms with Crippen LogP contribution in [-0.4, -0.2) is 30.3 Å². The second-order valence-corrected chi connectivity index (χ2v) is 6.20. The second kappa shape index (κ2) is 5.53. The van der Waals surface area contributed by atoms with Crippen LogP contribution < -0.4 is 0 Å². The van der Waals surface area contributed by atoms with Gasteiger partial charge in [-0.25, -0.2) is 0 Å². The number of allylic oxidation sites excluding steroid dienone is 1. The molecule has 1 fully saturated rings. The maximum atomic E-state index is 11.8. The first kappa shape index (κ1) is 13.6. The molecule has 0 aromatic heterocycles. The van der Waals surface area contributed by atoms with Crippen LogP contribution in [0.15, 0.2) is 42.0 Å². The Morgan fingerprint density at radius 3 is 2.75 bits per heavy atom. The van der Waals surface area contributed by atoms with Gasteiger partial charge in [0.25, 0.3) is 0 Å². The first-order chi connectivity index (χ1) is 9.72. The van der Waals surface area contributed by atoms with Gasteiger partial charge in [0.2, 0.25) is 0 Å². The van der Waals surface area contributed by atoms with E-state index in [1.807, 2.05) is 6.08 Å². The number of fused-ring (bicyclic) bond motifs is 1. The molecule has 1 saturated heterocycles. The van der Waals surface area contributed by atoms with Gasteiger partial charge in [-0.2, -0.15) is 0 Å². The summed E-state index contributed by atoms with van der Waals surface area (Å²) in [7, 11) is 0. The SMILES string of the molecule is CCN1CCC2=CC(=O)CCC2(Cc2ccccc2)C1. The number of likely N-dealkylation sites (tertiary alicyclic amines) is 1. The van der Waals surface area contributed by atoms with Gasteiger partial charge in [0, 0.05) is 24.9 Å². The van der Waals surface area contributed by atoms with Crippen LogP contribution in [0.5, 0.6) is 0 Å². The molecule has 1 aliphatic heterocycles. The average molecular weight is 269 g/mol. The van der Waals surface area contributed by atoms with Gasteiger partial charge in [0.05, 0.1) is 0 Å². The highest BCUT2D eigenvalue weighted by Crippen LogP contribution is 2.44. The van der Waals surface area contributed by atoms with Gasteiger partial charge in [0.15, 0.2) is 5.78 Å². The standard InChI is InChI=1S/C18H23NO/c1-2-19-11-9-16-12-17(20)8-10-18(16,14-19)13-15-6-4-3-5-7-15/h3-7,12H,2,8-11,13-14H2,1H3. The normalized spacial score (nSPS) is 27.1. The summed E-state index contributed by atoms with van der Waals surface area (Å²) in [5, 5.41) is 0. The molecule has 2 aliphatic rings. The third-order valence-corrected chi connectivity index (χ3v) is 4.92. The number of carbonyl (C=O) groups is 1. The predicted octanol–water partition coefficient (Wildman–Crippen LogP) is 3.23. The van der Waals surface area contributed by atoms with Crippen LogP contribution in [0.3, 0.4) is 0 Å². The fraction of sp³-hybridized carbons (Fsp3) is 0.500. The summed E-state index contributed by atoms with van der Waals surface area (Å²) >= 11 is 0. The minimum Gasteiger partial charge on any atom is -0.302 e. The van der Waals surface area contributed by atoms with Gasteiger partial charge >= 0.3 is 0 Å². The number of hydrogen-bond donors (Lipinski definition) is 0. The Kier molecular flexibility index (Phi) is 3.75. The highest BCUT2D eigenvalue weighted by molar-refractivity contribution is 5.91. The molecule has 2 nitrogen and oxygen atoms in total. The van der Waals surface area contributed by atoms with E-state index in [-0.39, 0.29) is 5.41 Å². The van der Waals surface area contributed by atoms with Crippen LogP contribution in [0.25, 0.3) is 0 Å². The lowest BCUT2D eigenvalue weighted by molar-refractivity contribution is -0.116. The average Bonchev–Trinajstić information content (AvgIpc) is 2.48. The molecular formula is C18H23NO. The summed E-state index contributed by atoms with van der Waals surface area (Å²) in [4.78, 5) is 14.3. The number of piperidine rings is 1. The molecule has 1 aromatic rings. The first-order valence-electron chi connectivity index (χ1n) is 7.72. The largest absolute Gasteiger partial charge is 0.302 e. The quantitative estimate of drug-likeness (QED) is 0.839. The summed E-state index contributed by atoms with van der Waals surface area (Å²) in [5.41, 5.74) is 3.00. The van der Waals surface area contributed by atoms with Gasteiger partial charge in [-0.1, -0.05) is 42.8 Å². The maximum Gasteiger partial charge on any atom is 0.155 e. The van der Waals surface area contributed by atoms with Crippen LogP contribution in [-0.2, 0) is 11.2 Å². The molecule has 1 aliphatic carbocycles. The first-order valence-corrected chi connectivity index (χ1v) is 7.72. The Bertz CT molecular complexity index is 519. The number of carbonyl (C=O) groups excluding carboxylic acids is 1. The van der Waals surface area contributed by atoms with Crippen LogP contribution in [0.4, 0.5) is 0 Å². The number of hydrogen-bond acceptors (Lipinski definition) is 2. The molecule has 3 rings (SSSR count). The zero-order valence-electron chi connectivity index (χ0n) is 12.3. The molecule has 0 bridgehead atoms. The van der Waals surface area contributed by atoms with E-state index in [9.17, 15) is 4.79 Å². The summed E-state index contributed by atoms with van der Waals surface area (Å²) in [6, 6.07) is 10.7. The van der Waals surface area contributed by atoms with E-state index in [1.54, 1.807) is 0 Å². The van der Waals surface area contributed by atoms with E-state index < -0.39 is 0 Å². The van der Waals surface area contributed by atoms with E-state index in [1.165, 1.54) is 11.1 Å². The molecule has 1 heterocycles. The molecule has 1 aromatic carbocycles. The van der Waals surface area contributed by atoms with Crippen molar-refractivity contribution in [3.63, 3.8) is 0 Å². The molecule has 20 heavy (non-hydrogen) atoms. The Hall–Kier alpha value is -1.41. The smallest absolute Gasteiger partial charge is 0.155 e. The summed E-state index contributed by atoms with van der Waals surface area (Å²) in [5.74, 6) is 0.327. The molecule has 0 saturated carbocycles. The fourth-order valence-corrected chi connectivity index (χ4v) is 3.76. The fourth-order valence-electron chi connectivity index (χ4n) is 3.76. The molecule has 1 unspecified atom stereocenters. The summed E-state index contributed by atoms with van der Waals surface area (Å²) < 4.78 is 0. The van der Waals surface area contributed by atoms with Crippen molar-refractivity contribution in [3.05, 3.63) is 47.5 Å². The van der Waals surface area contributed by atoms with E-state index in [2.05, 4.69) is 42.2 Å². The monoisotopic (exact) mass is 269 g/mol. The summed E-state index contributed by atoms with van der Waals surface area (Å²) in [6.45, 7) is 5.56. The predicted molar refractivity (Wildman–Crippen MR) is 81.6 cm³/mol. The van der Waals surface area contributed by atoms with Crippen molar-refractivity contribution in [1.82, 2.24) is 4.90 Å². The second-order valence-electron chi connectivity index (χ2n) is 6.20. The molecule has 0 amide bonds. The third-order valence-electron chi connectivity index (χ3n) is 4.92. The lowest BCUT2D eigenvalue weighted by Gasteiger charge is -2.46. The van der Waals surface area contributed by atoms with Crippen molar-refractivity contribution in [3.8, 4) is 0 Å². The molecule has 1 atom stereocenters. The molecule has 106 valence electrons. The molecule has 2 heteroatoms. The highest BCUT2D eigenvalue weighted by Gasteiger charge is 2.41. The summed E-state index contributed by atoms with van der Waals surface area (Å²) in [6.07, 6.45) is 5.83. The van der Waals surface area contributed by atoms with Crippen molar-refractivity contribution in [1.29, 1.82) is 0 Å². The number of ketones is 1. The van der Waals surface area contributed by atoms with Gasteiger partial charge in [-0.15, -0.1) is 0 Å². The van der Waals surface area contributed by atoms with Crippen molar-refractivity contribution in [2.24, 2.45) is 5.41 Å². The lowest BCUT2D eigenvalue weighted by atomic mass is 9.65. The van der Waals surface area contributed by atoms with E-state index in [4.69, 9.17) is 0 Å². The van der Waals surface area contributed by atoms with Gasteiger partial charge in [-0.3, -0.25) is 4.79 Å². The number of benzene rings is 1. The van der Waals surface area contributed by atoms with Crippen LogP contribution >= 0.6 is 0 Å². The van der Waals surface area contributed by atoms with E-state index in [0.29, 0.717) is 12.2 Å². The van der Waals surface area contributed by atoms with E-state index in [0.717, 1.165) is 38.9 Å². The van der Waals surface area contributed by atoms with Crippen LogP contribution in [0, 0.1) is 5.41 Å². The number of nitrogens with zero attached hydrogens (tertiary/aromatic N) is 1. The maximum absolute atomic E-state index is 11.8. The van der Waals surface area contributed by atoms with Crippen molar-refractivity contribution in [2.75, 3.05) is 19.6 Å². The van der Waals surface area contributed by atoms with Gasteiger partial charge in [-0.05, 0) is 37.4 Å². The Morgan fingerprint density at radius 2 is 2.00 bits per heavy atom. The van der Waals surface area contributed by atoms with Crippen LogP contribution in [0.1, 0.15) is 31.7 Å². The molecular weight excluding hydrogens is 246 g/mol. The zero-order chi connectivity index (χ0) is 14.0. The number of rotatable bonds is 3. The third kappa shape index (κ3) is 2.57. The van der Waals surface area contributed by atoms with Gasteiger partial charge in [0.1, 0.15) is 0 Å². The Labute approximate surface area is 121 Å². The van der Waals surface area contributed by atoms with E-state index >= 15 is 0 Å². The molecule has 0 N–H and O–H groups in total. The van der Waals surface area contributed by atoms with Crippen molar-refractivity contribution >= 4 is 5.78 Å². The van der Waals surface area contributed by atoms with Gasteiger partial charge < -0.3 is 4.90 Å². The minimum atomic E-state index is 0.198. The van der Waals surface area contributed by atoms with Crippen molar-refractivity contribution in [2.45, 2.75) is 32.6 Å². The minimum absolute atomic E-state index is 0.198.